The average Bonchev–Trinajstić information content (AvgIpc) is 3.58. The van der Waals surface area contributed by atoms with Crippen molar-refractivity contribution in [1.29, 1.82) is 0 Å². The third-order valence-corrected chi connectivity index (χ3v) is 10.5. The van der Waals surface area contributed by atoms with Crippen molar-refractivity contribution in [2.45, 2.75) is 29.7 Å². The number of anilines is 10. The summed E-state index contributed by atoms with van der Waals surface area (Å²) in [5, 5.41) is 0. The third-order valence-electron chi connectivity index (χ3n) is 10.5. The van der Waals surface area contributed by atoms with E-state index in [1.54, 1.807) is 127 Å². The second kappa shape index (κ2) is 36.9. The van der Waals surface area contributed by atoms with E-state index in [0.29, 0.717) is 53.1 Å². The van der Waals surface area contributed by atoms with Crippen LogP contribution in [-0.4, -0.2) is 20.0 Å². The minimum Gasteiger partial charge on any atom is -0.490 e. The Balaban J connectivity index is 0.000000355. The van der Waals surface area contributed by atoms with Crippen LogP contribution in [0, 0.1) is 0 Å². The van der Waals surface area contributed by atoms with Crippen LogP contribution in [0.4, 0.5) is 56.9 Å². The summed E-state index contributed by atoms with van der Waals surface area (Å²) in [6, 6.07) is 72.4. The van der Waals surface area contributed by atoms with E-state index >= 15 is 0 Å². The molecule has 0 heterocycles. The smallest absolute Gasteiger partial charge is 0.230 e. The molecule has 0 aliphatic rings. The second-order valence-electron chi connectivity index (χ2n) is 17.1. The molecule has 10 aromatic carbocycles. The van der Waals surface area contributed by atoms with Gasteiger partial charge in [0.05, 0.1) is 0 Å². The monoisotopic (exact) mass is 1140 g/mol. The van der Waals surface area contributed by atoms with E-state index < -0.39 is 0 Å². The molecule has 0 fully saturated rings. The topological polar surface area (TPSA) is 325 Å². The number of nitrogens with two attached hydrogens (primary N) is 10. The van der Waals surface area contributed by atoms with Gasteiger partial charge in [-0.05, 0) is 206 Å². The van der Waals surface area contributed by atoms with Crippen LogP contribution in [0.5, 0.6) is 57.5 Å². The van der Waals surface area contributed by atoms with Gasteiger partial charge in [0.2, 0.25) is 6.79 Å². The Labute approximate surface area is 495 Å². The first kappa shape index (κ1) is 68.9. The highest BCUT2D eigenvalue weighted by molar-refractivity contribution is 5.51. The molecule has 0 spiro atoms. The van der Waals surface area contributed by atoms with Crippen molar-refractivity contribution < 1.29 is 33.2 Å². The summed E-state index contributed by atoms with van der Waals surface area (Å²) in [5.74, 6) is 7.40. The van der Waals surface area contributed by atoms with Crippen LogP contribution in [0.2, 0.25) is 0 Å². The first-order valence-corrected chi connectivity index (χ1v) is 24.8. The van der Waals surface area contributed by atoms with Crippen molar-refractivity contribution >= 4 is 56.9 Å². The van der Waals surface area contributed by atoms with Crippen LogP contribution in [0.1, 0.15) is 29.7 Å². The first-order chi connectivity index (χ1) is 38.7. The van der Waals surface area contributed by atoms with E-state index in [1.165, 1.54) is 0 Å². The summed E-state index contributed by atoms with van der Waals surface area (Å²) >= 11 is 0. The van der Waals surface area contributed by atoms with Crippen LogP contribution in [-0.2, 0) is 0 Å². The lowest BCUT2D eigenvalue weighted by Gasteiger charge is -2.08. The SMILES string of the molecule is C.C.C.C.Nc1ccc(OCCOc2ccc(N)cc2)cc1.Nc1ccc(OCOc2ccc(N)cc2)cc1.Nc1ccc(Oc2ccc(N)cc2)cc1.Nc1ccc(Oc2cccc(N)c2)cc1.Nc1cccc(Oc2cccc(N)c2)c1. The largest absolute Gasteiger partial charge is 0.490 e. The van der Waals surface area contributed by atoms with Crippen LogP contribution in [0.25, 0.3) is 0 Å². The molecule has 0 amide bonds. The summed E-state index contributed by atoms with van der Waals surface area (Å²) in [5.41, 5.74) is 63.0. The molecule has 0 saturated carbocycles. The molecule has 20 N–H and O–H groups in total. The fraction of sp³-hybridized carbons (Fsp3) is 0.104. The highest BCUT2D eigenvalue weighted by Crippen LogP contribution is 2.27. The van der Waals surface area contributed by atoms with Crippen molar-refractivity contribution in [2.75, 3.05) is 77.3 Å². The quantitative estimate of drug-likeness (QED) is 0.0259. The van der Waals surface area contributed by atoms with Gasteiger partial charge in [0.1, 0.15) is 70.7 Å². The summed E-state index contributed by atoms with van der Waals surface area (Å²) < 4.78 is 38.5. The van der Waals surface area contributed by atoms with Gasteiger partial charge in [-0.25, -0.2) is 0 Å². The number of benzene rings is 10. The van der Waals surface area contributed by atoms with Gasteiger partial charge in [0.15, 0.2) is 0 Å². The normalized spacial score (nSPS) is 9.43. The van der Waals surface area contributed by atoms with Crippen molar-refractivity contribution in [2.24, 2.45) is 0 Å². The predicted octanol–water partition coefficient (Wildman–Crippen LogP) is 15.0. The molecule has 17 nitrogen and oxygen atoms in total. The number of rotatable bonds is 15. The molecule has 0 unspecified atom stereocenters. The minimum absolute atomic E-state index is 0. The van der Waals surface area contributed by atoms with Crippen molar-refractivity contribution in [3.05, 3.63) is 243 Å². The van der Waals surface area contributed by atoms with Crippen molar-refractivity contribution in [1.82, 2.24) is 0 Å². The van der Waals surface area contributed by atoms with Crippen molar-refractivity contribution in [3.8, 4) is 57.5 Å². The molecular formula is C67H82N10O7. The maximum Gasteiger partial charge on any atom is 0.230 e. The molecule has 0 saturated heterocycles. The zero-order valence-corrected chi connectivity index (χ0v) is 43.8. The third kappa shape index (κ3) is 26.6. The molecule has 10 rings (SSSR count). The van der Waals surface area contributed by atoms with Gasteiger partial charge in [-0.2, -0.15) is 0 Å². The zero-order chi connectivity index (χ0) is 56.9. The standard InChI is InChI=1S/C14H16N2O2.C13H14N2O2.3C12H12N2O.4CH4/c15-11-1-5-13(6-2-11)17-9-10-18-14-7-3-12(16)4-8-14;14-10-1-5-12(6-2-10)16-9-17-13-7-3-11(15)4-8-13;13-9-1-5-11(6-2-9)15-12-7-3-10(14)4-8-12;13-9-3-1-5-11(7-9)15-12-6-2-4-10(14)8-12;13-9-4-6-11(7-5-9)15-12-3-1-2-10(14)8-12;;;;/h1-8H,9-10,15-16H2;1-8H,9,14-15H2;3*1-8H,13-14H2;4*1H4. The van der Waals surface area contributed by atoms with Gasteiger partial charge < -0.3 is 90.5 Å². The minimum atomic E-state index is 0. The lowest BCUT2D eigenvalue weighted by Crippen LogP contribution is -2.08. The molecule has 0 atom stereocenters. The summed E-state index contributed by atoms with van der Waals surface area (Å²) in [7, 11) is 0. The second-order valence-corrected chi connectivity index (χ2v) is 17.1. The van der Waals surface area contributed by atoms with Gasteiger partial charge in [0.25, 0.3) is 0 Å². The lowest BCUT2D eigenvalue weighted by molar-refractivity contribution is 0.120. The Kier molecular flexibility index (Phi) is 30.2. The van der Waals surface area contributed by atoms with Crippen LogP contribution in [0.15, 0.2) is 243 Å². The average molecular weight is 1140 g/mol. The van der Waals surface area contributed by atoms with E-state index in [4.69, 9.17) is 90.5 Å². The van der Waals surface area contributed by atoms with Crippen molar-refractivity contribution in [3.63, 3.8) is 0 Å². The molecule has 0 radical (unpaired) electrons. The Morgan fingerprint density at radius 2 is 0.381 bits per heavy atom. The highest BCUT2D eigenvalue weighted by atomic mass is 16.7. The van der Waals surface area contributed by atoms with Gasteiger partial charge in [0, 0.05) is 75.1 Å². The van der Waals surface area contributed by atoms with Crippen LogP contribution in [0.3, 0.4) is 0 Å². The summed E-state index contributed by atoms with van der Waals surface area (Å²) in [6.45, 7) is 1.11. The fourth-order valence-electron chi connectivity index (χ4n) is 6.49. The Morgan fingerprint density at radius 3 is 0.607 bits per heavy atom. The Hall–Kier alpha value is -11.2. The maximum atomic E-state index is 5.64. The molecular weight excluding hydrogens is 1060 g/mol. The van der Waals surface area contributed by atoms with E-state index in [0.717, 1.165) is 74.4 Å². The number of hydrogen-bond acceptors (Lipinski definition) is 17. The Bertz CT molecular complexity index is 3180. The molecule has 0 bridgehead atoms. The molecule has 10 aromatic rings. The van der Waals surface area contributed by atoms with Gasteiger partial charge in [-0.1, -0.05) is 47.9 Å². The van der Waals surface area contributed by atoms with E-state index in [9.17, 15) is 0 Å². The molecule has 0 aromatic heterocycles. The van der Waals surface area contributed by atoms with Gasteiger partial charge in [-0.3, -0.25) is 0 Å². The number of ether oxygens (including phenoxy) is 7. The molecule has 84 heavy (non-hydrogen) atoms. The molecule has 0 aliphatic heterocycles. The summed E-state index contributed by atoms with van der Waals surface area (Å²) in [6.07, 6.45) is 0. The predicted molar refractivity (Wildman–Crippen MR) is 353 cm³/mol. The van der Waals surface area contributed by atoms with E-state index in [1.807, 2.05) is 115 Å². The van der Waals surface area contributed by atoms with Crippen LogP contribution < -0.4 is 90.5 Å². The highest BCUT2D eigenvalue weighted by Gasteiger charge is 2.02. The summed E-state index contributed by atoms with van der Waals surface area (Å²) in [4.78, 5) is 0. The van der Waals surface area contributed by atoms with E-state index in [-0.39, 0.29) is 36.5 Å². The fourth-order valence-corrected chi connectivity index (χ4v) is 6.49. The number of hydrogen-bond donors (Lipinski definition) is 10. The lowest BCUT2D eigenvalue weighted by atomic mass is 10.3. The first-order valence-electron chi connectivity index (χ1n) is 24.8. The molecule has 0 aliphatic carbocycles. The molecule has 442 valence electrons. The zero-order valence-electron chi connectivity index (χ0n) is 43.8. The maximum absolute atomic E-state index is 5.64. The Morgan fingerprint density at radius 1 is 0.190 bits per heavy atom. The number of nitrogen functional groups attached to an aromatic ring is 10. The molecule has 17 heteroatoms. The van der Waals surface area contributed by atoms with Crippen LogP contribution >= 0.6 is 0 Å². The van der Waals surface area contributed by atoms with Gasteiger partial charge >= 0.3 is 0 Å². The van der Waals surface area contributed by atoms with Gasteiger partial charge in [-0.15, -0.1) is 0 Å². The van der Waals surface area contributed by atoms with E-state index in [2.05, 4.69) is 0 Å².